The van der Waals surface area contributed by atoms with E-state index in [1.807, 2.05) is 6.92 Å². The molecule has 2 saturated carbocycles. The monoisotopic (exact) mass is 348 g/mol. The van der Waals surface area contributed by atoms with Crippen LogP contribution in [-0.2, 0) is 6.42 Å². The van der Waals surface area contributed by atoms with Crippen molar-refractivity contribution in [3.05, 3.63) is 34.9 Å². The maximum absolute atomic E-state index is 14.4. The summed E-state index contributed by atoms with van der Waals surface area (Å²) in [5, 5.41) is 0. The van der Waals surface area contributed by atoms with Crippen LogP contribution in [0.1, 0.15) is 95.1 Å². The molecule has 0 nitrogen and oxygen atoms in total. The van der Waals surface area contributed by atoms with Crippen molar-refractivity contribution in [1.82, 2.24) is 0 Å². The summed E-state index contributed by atoms with van der Waals surface area (Å²) in [5.74, 6) is 1.63. The van der Waals surface area contributed by atoms with E-state index in [9.17, 15) is 8.78 Å². The second-order valence-corrected chi connectivity index (χ2v) is 8.47. The predicted octanol–water partition coefficient (Wildman–Crippen LogP) is 7.41. The number of hydrogen-bond acceptors (Lipinski definition) is 0. The van der Waals surface area contributed by atoms with E-state index in [1.54, 1.807) is 6.07 Å². The Balaban J connectivity index is 1.59. The Hall–Kier alpha value is -0.920. The normalized spacial score (nSPS) is 30.4. The van der Waals surface area contributed by atoms with E-state index in [0.29, 0.717) is 5.56 Å². The molecule has 0 amide bonds. The Kier molecular flexibility index (Phi) is 6.52. The molecule has 0 aromatic heterocycles. The topological polar surface area (TPSA) is 0 Å². The highest BCUT2D eigenvalue weighted by molar-refractivity contribution is 5.33. The lowest BCUT2D eigenvalue weighted by Gasteiger charge is -2.38. The molecule has 0 heterocycles. The van der Waals surface area contributed by atoms with Crippen LogP contribution in [0, 0.1) is 29.4 Å². The lowest BCUT2D eigenvalue weighted by molar-refractivity contribution is 0.155. The van der Waals surface area contributed by atoms with Gasteiger partial charge < -0.3 is 0 Å². The smallest absolute Gasteiger partial charge is 0.162 e. The Morgan fingerprint density at radius 3 is 2.00 bits per heavy atom. The minimum absolute atomic E-state index is 0.221. The zero-order valence-corrected chi connectivity index (χ0v) is 16.0. The summed E-state index contributed by atoms with van der Waals surface area (Å²) >= 11 is 0. The molecule has 140 valence electrons. The van der Waals surface area contributed by atoms with Gasteiger partial charge in [-0.2, -0.15) is 0 Å². The van der Waals surface area contributed by atoms with Gasteiger partial charge in [-0.25, -0.2) is 8.78 Å². The van der Waals surface area contributed by atoms with E-state index in [4.69, 9.17) is 0 Å². The van der Waals surface area contributed by atoms with E-state index in [2.05, 4.69) is 6.92 Å². The van der Waals surface area contributed by atoms with Gasteiger partial charge in [0.15, 0.2) is 11.6 Å². The van der Waals surface area contributed by atoms with Crippen molar-refractivity contribution in [3.8, 4) is 0 Å². The van der Waals surface area contributed by atoms with Crippen molar-refractivity contribution < 1.29 is 8.78 Å². The summed E-state index contributed by atoms with van der Waals surface area (Å²) in [5.41, 5.74) is 1.69. The lowest BCUT2D eigenvalue weighted by Crippen LogP contribution is -2.26. The van der Waals surface area contributed by atoms with E-state index in [0.717, 1.165) is 42.6 Å². The Bertz CT molecular complexity index is 549. The second kappa shape index (κ2) is 8.64. The summed E-state index contributed by atoms with van der Waals surface area (Å²) in [6, 6.07) is 3.08. The first-order valence-electron chi connectivity index (χ1n) is 10.6. The van der Waals surface area contributed by atoms with Gasteiger partial charge in [0, 0.05) is 0 Å². The molecule has 3 rings (SSSR count). The third-order valence-corrected chi connectivity index (χ3v) is 7.04. The SMILES string of the molecule is CCC[C@H]1CC[C@H]([C@H]2CC[C@H](c3c(CC)ccc(F)c3F)CC2)CC1. The van der Waals surface area contributed by atoms with Gasteiger partial charge in [0.25, 0.3) is 0 Å². The average Bonchev–Trinajstić information content (AvgIpc) is 2.65. The van der Waals surface area contributed by atoms with E-state index in [1.165, 1.54) is 57.4 Å². The Morgan fingerprint density at radius 2 is 1.44 bits per heavy atom. The molecular weight excluding hydrogens is 314 g/mol. The third kappa shape index (κ3) is 4.26. The van der Waals surface area contributed by atoms with Gasteiger partial charge in [-0.05, 0) is 85.8 Å². The Morgan fingerprint density at radius 1 is 0.840 bits per heavy atom. The first-order valence-corrected chi connectivity index (χ1v) is 10.6. The van der Waals surface area contributed by atoms with Crippen LogP contribution in [0.2, 0.25) is 0 Å². The molecule has 0 saturated heterocycles. The molecule has 0 aliphatic heterocycles. The van der Waals surface area contributed by atoms with Crippen LogP contribution in [0.15, 0.2) is 12.1 Å². The van der Waals surface area contributed by atoms with Crippen LogP contribution < -0.4 is 0 Å². The standard InChI is InChI=1S/C23H34F2/c1-3-5-16-6-8-18(9-7-16)19-10-12-20(13-11-19)22-17(4-2)14-15-21(24)23(22)25/h14-16,18-20H,3-13H2,1-2H3/t16-,18-,19-,20-. The zero-order valence-electron chi connectivity index (χ0n) is 16.0. The molecule has 0 N–H and O–H groups in total. The van der Waals surface area contributed by atoms with Crippen LogP contribution in [0.3, 0.4) is 0 Å². The molecule has 0 bridgehead atoms. The molecule has 0 spiro atoms. The molecule has 1 aromatic rings. The van der Waals surface area contributed by atoms with E-state index >= 15 is 0 Å². The third-order valence-electron chi connectivity index (χ3n) is 7.04. The highest BCUT2D eigenvalue weighted by Crippen LogP contribution is 2.45. The quantitative estimate of drug-likeness (QED) is 0.520. The predicted molar refractivity (Wildman–Crippen MR) is 101 cm³/mol. The summed E-state index contributed by atoms with van der Waals surface area (Å²) < 4.78 is 28.2. The largest absolute Gasteiger partial charge is 0.204 e. The first-order chi connectivity index (χ1) is 12.1. The fourth-order valence-corrected chi connectivity index (χ4v) is 5.59. The van der Waals surface area contributed by atoms with Gasteiger partial charge in [0.2, 0.25) is 0 Å². The van der Waals surface area contributed by atoms with Gasteiger partial charge in [-0.3, -0.25) is 0 Å². The van der Waals surface area contributed by atoms with Crippen molar-refractivity contribution in [3.63, 3.8) is 0 Å². The van der Waals surface area contributed by atoms with Gasteiger partial charge >= 0.3 is 0 Å². The maximum atomic E-state index is 14.4. The molecule has 2 aliphatic rings. The van der Waals surface area contributed by atoms with Crippen molar-refractivity contribution in [2.45, 2.75) is 90.4 Å². The number of rotatable bonds is 5. The summed E-state index contributed by atoms with van der Waals surface area (Å²) in [6.45, 7) is 4.33. The van der Waals surface area contributed by atoms with Crippen molar-refractivity contribution in [1.29, 1.82) is 0 Å². The highest BCUT2D eigenvalue weighted by atomic mass is 19.2. The van der Waals surface area contributed by atoms with Gasteiger partial charge in [-0.1, -0.05) is 45.6 Å². The number of benzene rings is 1. The van der Waals surface area contributed by atoms with Gasteiger partial charge in [0.1, 0.15) is 0 Å². The fourth-order valence-electron chi connectivity index (χ4n) is 5.59. The second-order valence-electron chi connectivity index (χ2n) is 8.47. The molecule has 2 aliphatic carbocycles. The molecular formula is C23H34F2. The Labute approximate surface area is 152 Å². The molecule has 2 fully saturated rings. The van der Waals surface area contributed by atoms with Crippen molar-refractivity contribution in [2.24, 2.45) is 17.8 Å². The molecule has 0 unspecified atom stereocenters. The summed E-state index contributed by atoms with van der Waals surface area (Å²) in [6.07, 6.45) is 13.6. The fraction of sp³-hybridized carbons (Fsp3) is 0.739. The molecule has 0 atom stereocenters. The van der Waals surface area contributed by atoms with Crippen molar-refractivity contribution in [2.75, 3.05) is 0 Å². The van der Waals surface area contributed by atoms with E-state index in [-0.39, 0.29) is 5.92 Å². The number of aryl methyl sites for hydroxylation is 1. The van der Waals surface area contributed by atoms with Crippen LogP contribution in [0.5, 0.6) is 0 Å². The van der Waals surface area contributed by atoms with Crippen LogP contribution in [-0.4, -0.2) is 0 Å². The molecule has 25 heavy (non-hydrogen) atoms. The minimum atomic E-state index is -0.677. The lowest BCUT2D eigenvalue weighted by atomic mass is 9.67. The minimum Gasteiger partial charge on any atom is -0.204 e. The van der Waals surface area contributed by atoms with E-state index < -0.39 is 11.6 Å². The molecule has 1 aromatic carbocycles. The number of halogens is 2. The summed E-state index contributed by atoms with van der Waals surface area (Å²) in [4.78, 5) is 0. The van der Waals surface area contributed by atoms with Crippen LogP contribution in [0.4, 0.5) is 8.78 Å². The van der Waals surface area contributed by atoms with Gasteiger partial charge in [0.05, 0.1) is 0 Å². The molecule has 0 radical (unpaired) electrons. The van der Waals surface area contributed by atoms with Crippen molar-refractivity contribution >= 4 is 0 Å². The van der Waals surface area contributed by atoms with Gasteiger partial charge in [-0.15, -0.1) is 0 Å². The van der Waals surface area contributed by atoms with Crippen LogP contribution in [0.25, 0.3) is 0 Å². The number of hydrogen-bond donors (Lipinski definition) is 0. The first kappa shape index (κ1) is 18.9. The zero-order chi connectivity index (χ0) is 17.8. The highest BCUT2D eigenvalue weighted by Gasteiger charge is 2.32. The average molecular weight is 349 g/mol. The summed E-state index contributed by atoms with van der Waals surface area (Å²) in [7, 11) is 0. The van der Waals surface area contributed by atoms with Crippen LogP contribution >= 0.6 is 0 Å². The molecule has 2 heteroatoms. The maximum Gasteiger partial charge on any atom is 0.162 e.